The van der Waals surface area contributed by atoms with Crippen molar-refractivity contribution in [3.8, 4) is 5.69 Å². The molecule has 134 valence electrons. The zero-order valence-corrected chi connectivity index (χ0v) is 13.8. The lowest BCUT2D eigenvalue weighted by Crippen LogP contribution is -2.13. The van der Waals surface area contributed by atoms with Crippen LogP contribution in [0.4, 0.5) is 13.2 Å². The van der Waals surface area contributed by atoms with Crippen molar-refractivity contribution in [2.75, 3.05) is 0 Å². The maximum Gasteiger partial charge on any atom is 0.453 e. The third kappa shape index (κ3) is 3.74. The molecule has 0 saturated carbocycles. The minimum absolute atomic E-state index is 0.133. The van der Waals surface area contributed by atoms with Crippen LogP contribution in [0.3, 0.4) is 0 Å². The largest absolute Gasteiger partial charge is 0.453 e. The first kappa shape index (κ1) is 17.6. The molecule has 1 unspecified atom stereocenters. The molecule has 1 atom stereocenters. The van der Waals surface area contributed by atoms with Gasteiger partial charge in [-0.1, -0.05) is 12.2 Å². The van der Waals surface area contributed by atoms with Crippen molar-refractivity contribution in [3.63, 3.8) is 0 Å². The van der Waals surface area contributed by atoms with Crippen molar-refractivity contribution >= 4 is 10.0 Å². The molecule has 0 radical (unpaired) electrons. The summed E-state index contributed by atoms with van der Waals surface area (Å²) in [6, 6.07) is 5.15. The first-order valence-corrected chi connectivity index (χ1v) is 9.05. The summed E-state index contributed by atoms with van der Waals surface area (Å²) in [5, 5.41) is 8.62. The fraction of sp³-hybridized carbons (Fsp3) is 0.333. The van der Waals surface area contributed by atoms with Crippen LogP contribution in [0, 0.1) is 0 Å². The number of halogens is 3. The van der Waals surface area contributed by atoms with Crippen molar-refractivity contribution in [2.45, 2.75) is 36.3 Å². The van der Waals surface area contributed by atoms with Gasteiger partial charge >= 0.3 is 6.18 Å². The quantitative estimate of drug-likeness (QED) is 0.839. The van der Waals surface area contributed by atoms with Gasteiger partial charge in [-0.2, -0.15) is 13.2 Å². The van der Waals surface area contributed by atoms with Crippen LogP contribution in [-0.2, 0) is 16.2 Å². The minimum atomic E-state index is -4.67. The van der Waals surface area contributed by atoms with Gasteiger partial charge in [-0.25, -0.2) is 23.2 Å². The molecule has 1 aromatic carbocycles. The number of alkyl halides is 3. The van der Waals surface area contributed by atoms with Crippen LogP contribution in [0.2, 0.25) is 0 Å². The average Bonchev–Trinajstić information content (AvgIpc) is 3.00. The molecule has 0 aliphatic heterocycles. The maximum atomic E-state index is 13.0. The highest BCUT2D eigenvalue weighted by atomic mass is 32.2. The number of allylic oxidation sites excluding steroid dienone is 2. The molecule has 0 bridgehead atoms. The van der Waals surface area contributed by atoms with E-state index in [-0.39, 0.29) is 22.3 Å². The van der Waals surface area contributed by atoms with Crippen molar-refractivity contribution in [2.24, 2.45) is 5.14 Å². The number of aromatic nitrogens is 3. The van der Waals surface area contributed by atoms with Gasteiger partial charge in [-0.3, -0.25) is 0 Å². The Bertz CT molecular complexity index is 902. The summed E-state index contributed by atoms with van der Waals surface area (Å²) >= 11 is 0. The van der Waals surface area contributed by atoms with Crippen LogP contribution in [0.15, 0.2) is 41.3 Å². The Morgan fingerprint density at radius 1 is 1.20 bits per heavy atom. The zero-order chi connectivity index (χ0) is 18.2. The lowest BCUT2D eigenvalue weighted by atomic mass is 9.95. The lowest BCUT2D eigenvalue weighted by molar-refractivity contribution is -0.144. The molecule has 1 heterocycles. The lowest BCUT2D eigenvalue weighted by Gasteiger charge is -2.16. The van der Waals surface area contributed by atoms with E-state index in [0.29, 0.717) is 6.42 Å². The fourth-order valence-corrected chi connectivity index (χ4v) is 3.19. The molecule has 2 N–H and O–H groups in total. The summed E-state index contributed by atoms with van der Waals surface area (Å²) in [5.41, 5.74) is 0.282. The zero-order valence-electron chi connectivity index (χ0n) is 12.9. The molecule has 2 aromatic rings. The van der Waals surface area contributed by atoms with Gasteiger partial charge in [0.15, 0.2) is 0 Å². The number of benzene rings is 1. The van der Waals surface area contributed by atoms with Gasteiger partial charge in [-0.05, 0) is 43.5 Å². The molecule has 25 heavy (non-hydrogen) atoms. The van der Waals surface area contributed by atoms with Crippen molar-refractivity contribution in [1.29, 1.82) is 0 Å². The highest BCUT2D eigenvalue weighted by Gasteiger charge is 2.38. The topological polar surface area (TPSA) is 90.9 Å². The summed E-state index contributed by atoms with van der Waals surface area (Å²) in [7, 11) is -3.89. The van der Waals surface area contributed by atoms with E-state index in [1.165, 1.54) is 24.3 Å². The van der Waals surface area contributed by atoms with Crippen LogP contribution in [0.25, 0.3) is 5.69 Å². The van der Waals surface area contributed by atoms with E-state index in [1.807, 2.05) is 12.2 Å². The van der Waals surface area contributed by atoms with Gasteiger partial charge < -0.3 is 0 Å². The Hall–Kier alpha value is -2.20. The molecule has 6 nitrogen and oxygen atoms in total. The van der Waals surface area contributed by atoms with Gasteiger partial charge in [0.1, 0.15) is 5.82 Å². The fourth-order valence-electron chi connectivity index (χ4n) is 2.68. The van der Waals surface area contributed by atoms with E-state index in [4.69, 9.17) is 5.14 Å². The maximum absolute atomic E-state index is 13.0. The van der Waals surface area contributed by atoms with Crippen molar-refractivity contribution < 1.29 is 21.6 Å². The standard InChI is InChI=1S/C15H15F3N4O2S/c16-15(17,18)14-20-13(10-4-2-1-3-5-10)22(21-14)11-6-8-12(9-7-11)25(19,23)24/h2,4,6-10H,1,3,5H2,(H2,19,23,24). The highest BCUT2D eigenvalue weighted by molar-refractivity contribution is 7.89. The highest BCUT2D eigenvalue weighted by Crippen LogP contribution is 2.32. The molecular formula is C15H15F3N4O2S. The van der Waals surface area contributed by atoms with Crippen LogP contribution < -0.4 is 5.14 Å². The van der Waals surface area contributed by atoms with Gasteiger partial charge in [0, 0.05) is 5.92 Å². The Labute approximate surface area is 142 Å². The summed E-state index contributed by atoms with van der Waals surface area (Å²) < 4.78 is 62.8. The number of sulfonamides is 1. The molecule has 0 saturated heterocycles. The van der Waals surface area contributed by atoms with E-state index in [0.717, 1.165) is 17.5 Å². The van der Waals surface area contributed by atoms with E-state index < -0.39 is 22.0 Å². The summed E-state index contributed by atoms with van der Waals surface area (Å²) in [4.78, 5) is 3.55. The molecule has 10 heteroatoms. The van der Waals surface area contributed by atoms with Crippen LogP contribution in [0.1, 0.15) is 36.8 Å². The SMILES string of the molecule is NS(=O)(=O)c1ccc(-n2nc(C(F)(F)F)nc2C2C=CCCC2)cc1. The number of primary sulfonamides is 1. The summed E-state index contributed by atoms with van der Waals surface area (Å²) in [5.74, 6) is -1.33. The Morgan fingerprint density at radius 2 is 1.88 bits per heavy atom. The smallest absolute Gasteiger partial charge is 0.225 e. The Balaban J connectivity index is 2.09. The second kappa shape index (κ2) is 6.26. The second-order valence-corrected chi connectivity index (χ2v) is 7.27. The number of hydrogen-bond donors (Lipinski definition) is 1. The minimum Gasteiger partial charge on any atom is -0.225 e. The van der Waals surface area contributed by atoms with Crippen molar-refractivity contribution in [3.05, 3.63) is 48.1 Å². The molecule has 1 aliphatic rings. The van der Waals surface area contributed by atoms with Gasteiger partial charge in [0.05, 0.1) is 10.6 Å². The summed E-state index contributed by atoms with van der Waals surface area (Å²) in [6.45, 7) is 0. The number of rotatable bonds is 3. The first-order valence-electron chi connectivity index (χ1n) is 7.50. The Morgan fingerprint density at radius 3 is 2.40 bits per heavy atom. The third-order valence-corrected chi connectivity index (χ3v) is 4.81. The average molecular weight is 372 g/mol. The van der Waals surface area contributed by atoms with E-state index in [9.17, 15) is 21.6 Å². The monoisotopic (exact) mass is 372 g/mol. The van der Waals surface area contributed by atoms with Crippen LogP contribution in [-0.4, -0.2) is 23.2 Å². The summed E-state index contributed by atoms with van der Waals surface area (Å²) in [6.07, 6.45) is 1.45. The van der Waals surface area contributed by atoms with Crippen LogP contribution in [0.5, 0.6) is 0 Å². The van der Waals surface area contributed by atoms with Crippen LogP contribution >= 0.6 is 0 Å². The van der Waals surface area contributed by atoms with Gasteiger partial charge in [0.2, 0.25) is 10.0 Å². The third-order valence-electron chi connectivity index (χ3n) is 3.88. The number of hydrogen-bond acceptors (Lipinski definition) is 4. The first-order chi connectivity index (χ1) is 11.7. The molecule has 0 amide bonds. The van der Waals surface area contributed by atoms with E-state index >= 15 is 0 Å². The number of nitrogens with zero attached hydrogens (tertiary/aromatic N) is 3. The normalized spacial score (nSPS) is 18.5. The van der Waals surface area contributed by atoms with E-state index in [2.05, 4.69) is 10.1 Å². The predicted molar refractivity (Wildman–Crippen MR) is 83.5 cm³/mol. The molecule has 3 rings (SSSR count). The van der Waals surface area contributed by atoms with E-state index in [1.54, 1.807) is 0 Å². The Kier molecular flexibility index (Phi) is 4.41. The molecule has 1 aliphatic carbocycles. The predicted octanol–water partition coefficient (Wildman–Crippen LogP) is 2.76. The van der Waals surface area contributed by atoms with Crippen molar-refractivity contribution in [1.82, 2.24) is 14.8 Å². The van der Waals surface area contributed by atoms with Gasteiger partial charge in [-0.15, -0.1) is 5.10 Å². The van der Waals surface area contributed by atoms with Gasteiger partial charge in [0.25, 0.3) is 5.82 Å². The number of nitrogens with two attached hydrogens (primary N) is 1. The molecular weight excluding hydrogens is 357 g/mol. The second-order valence-electron chi connectivity index (χ2n) is 5.71. The molecule has 0 spiro atoms. The molecule has 0 fully saturated rings. The molecule has 1 aromatic heterocycles.